The van der Waals surface area contributed by atoms with Gasteiger partial charge in [0.05, 0.1) is 5.92 Å². The van der Waals surface area contributed by atoms with Crippen LogP contribution in [0.4, 0.5) is 4.39 Å². The predicted molar refractivity (Wildman–Crippen MR) is 48.6 cm³/mol. The summed E-state index contributed by atoms with van der Waals surface area (Å²) in [6.07, 6.45) is 0.596. The molecule has 0 radical (unpaired) electrons. The van der Waals surface area contributed by atoms with E-state index in [9.17, 15) is 9.18 Å². The predicted octanol–water partition coefficient (Wildman–Crippen LogP) is 1.80. The van der Waals surface area contributed by atoms with Crippen LogP contribution in [-0.4, -0.2) is 5.91 Å². The number of amides is 1. The van der Waals surface area contributed by atoms with Crippen LogP contribution in [0.2, 0.25) is 0 Å². The minimum Gasteiger partial charge on any atom is -0.369 e. The fourth-order valence-electron chi connectivity index (χ4n) is 1.32. The van der Waals surface area contributed by atoms with Crippen LogP contribution in [0, 0.1) is 5.82 Å². The highest BCUT2D eigenvalue weighted by atomic mass is 19.1. The van der Waals surface area contributed by atoms with Crippen molar-refractivity contribution in [2.75, 3.05) is 0 Å². The molecule has 0 aliphatic rings. The van der Waals surface area contributed by atoms with E-state index in [1.165, 1.54) is 12.1 Å². The van der Waals surface area contributed by atoms with Gasteiger partial charge in [0.1, 0.15) is 5.82 Å². The van der Waals surface area contributed by atoms with E-state index in [4.69, 9.17) is 5.73 Å². The third-order valence-electron chi connectivity index (χ3n) is 2.00. The number of carbonyl (C=O) groups is 1. The molecule has 2 N–H and O–H groups in total. The van der Waals surface area contributed by atoms with Crippen molar-refractivity contribution in [1.29, 1.82) is 0 Å². The van der Waals surface area contributed by atoms with Gasteiger partial charge in [-0.1, -0.05) is 19.1 Å². The Labute approximate surface area is 76.6 Å². The largest absolute Gasteiger partial charge is 0.369 e. The van der Waals surface area contributed by atoms with Gasteiger partial charge in [-0.2, -0.15) is 0 Å². The van der Waals surface area contributed by atoms with Gasteiger partial charge < -0.3 is 5.73 Å². The van der Waals surface area contributed by atoms with E-state index in [1.807, 2.05) is 6.92 Å². The molecule has 0 heterocycles. The van der Waals surface area contributed by atoms with Gasteiger partial charge in [0, 0.05) is 0 Å². The van der Waals surface area contributed by atoms with E-state index in [1.54, 1.807) is 12.1 Å². The topological polar surface area (TPSA) is 43.1 Å². The zero-order valence-corrected chi connectivity index (χ0v) is 7.46. The second-order valence-electron chi connectivity index (χ2n) is 2.92. The summed E-state index contributed by atoms with van der Waals surface area (Å²) in [5.41, 5.74) is 5.82. The summed E-state index contributed by atoms with van der Waals surface area (Å²) >= 11 is 0. The first-order valence-corrected chi connectivity index (χ1v) is 4.20. The van der Waals surface area contributed by atoms with Gasteiger partial charge in [-0.25, -0.2) is 4.39 Å². The van der Waals surface area contributed by atoms with Gasteiger partial charge in [-0.3, -0.25) is 4.79 Å². The second kappa shape index (κ2) is 4.03. The molecule has 1 atom stereocenters. The highest BCUT2D eigenvalue weighted by Gasteiger charge is 2.15. The highest BCUT2D eigenvalue weighted by Crippen LogP contribution is 2.19. The summed E-state index contributed by atoms with van der Waals surface area (Å²) in [5, 5.41) is 0. The van der Waals surface area contributed by atoms with Crippen molar-refractivity contribution in [3.63, 3.8) is 0 Å². The number of nitrogens with two attached hydrogens (primary N) is 1. The lowest BCUT2D eigenvalue weighted by atomic mass is 9.96. The van der Waals surface area contributed by atoms with Crippen LogP contribution >= 0.6 is 0 Å². The molecular formula is C10H12FNO. The van der Waals surface area contributed by atoms with E-state index >= 15 is 0 Å². The van der Waals surface area contributed by atoms with E-state index in [2.05, 4.69) is 0 Å². The number of halogens is 1. The average molecular weight is 181 g/mol. The maximum atomic E-state index is 12.8. The molecule has 70 valence electrons. The van der Waals surface area contributed by atoms with Crippen molar-refractivity contribution in [2.45, 2.75) is 19.3 Å². The van der Waals surface area contributed by atoms with Gasteiger partial charge in [0.25, 0.3) is 0 Å². The molecule has 0 saturated heterocycles. The molecule has 1 rings (SSSR count). The van der Waals surface area contributed by atoms with Crippen molar-refractivity contribution in [2.24, 2.45) is 5.73 Å². The number of carbonyl (C=O) groups excluding carboxylic acids is 1. The summed E-state index contributed by atoms with van der Waals surface area (Å²) < 4.78 is 12.8. The lowest BCUT2D eigenvalue weighted by molar-refractivity contribution is -0.119. The lowest BCUT2D eigenvalue weighted by Gasteiger charge is -2.10. The summed E-state index contributed by atoms with van der Waals surface area (Å²) in [5.74, 6) is -1.12. The van der Waals surface area contributed by atoms with Crippen LogP contribution in [0.1, 0.15) is 24.8 Å². The third kappa shape index (κ3) is 2.28. The first kappa shape index (κ1) is 9.71. The van der Waals surface area contributed by atoms with Gasteiger partial charge >= 0.3 is 0 Å². The van der Waals surface area contributed by atoms with Crippen LogP contribution in [0.15, 0.2) is 24.3 Å². The van der Waals surface area contributed by atoms with E-state index in [0.717, 1.165) is 0 Å². The Hall–Kier alpha value is -1.38. The van der Waals surface area contributed by atoms with Crippen molar-refractivity contribution in [1.82, 2.24) is 0 Å². The van der Waals surface area contributed by atoms with Crippen LogP contribution < -0.4 is 5.73 Å². The third-order valence-corrected chi connectivity index (χ3v) is 2.00. The monoisotopic (exact) mass is 181 g/mol. The molecule has 0 aliphatic carbocycles. The summed E-state index contributed by atoms with van der Waals surface area (Å²) in [7, 11) is 0. The summed E-state index contributed by atoms with van der Waals surface area (Å²) in [6, 6.07) is 5.98. The fourth-order valence-corrected chi connectivity index (χ4v) is 1.32. The quantitative estimate of drug-likeness (QED) is 0.759. The van der Waals surface area contributed by atoms with Crippen LogP contribution in [-0.2, 0) is 4.79 Å². The fraction of sp³-hybridized carbons (Fsp3) is 0.300. The van der Waals surface area contributed by atoms with Crippen molar-refractivity contribution in [3.05, 3.63) is 35.6 Å². The molecule has 13 heavy (non-hydrogen) atoms. The summed E-state index contributed by atoms with van der Waals surface area (Å²) in [6.45, 7) is 1.85. The molecule has 0 bridgehead atoms. The number of benzene rings is 1. The molecule has 0 fully saturated rings. The molecule has 2 nitrogen and oxygen atoms in total. The highest BCUT2D eigenvalue weighted by molar-refractivity contribution is 5.81. The van der Waals surface area contributed by atoms with Crippen molar-refractivity contribution >= 4 is 5.91 Å². The van der Waals surface area contributed by atoms with E-state index in [-0.39, 0.29) is 11.7 Å². The Morgan fingerprint density at radius 1 is 1.62 bits per heavy atom. The zero-order valence-electron chi connectivity index (χ0n) is 7.46. The first-order valence-electron chi connectivity index (χ1n) is 4.20. The lowest BCUT2D eigenvalue weighted by Crippen LogP contribution is -2.20. The van der Waals surface area contributed by atoms with Gasteiger partial charge in [-0.15, -0.1) is 0 Å². The Morgan fingerprint density at radius 3 is 2.77 bits per heavy atom. The normalized spacial score (nSPS) is 12.5. The molecule has 1 aromatic carbocycles. The molecule has 3 heteroatoms. The smallest absolute Gasteiger partial charge is 0.224 e. The van der Waals surface area contributed by atoms with E-state index < -0.39 is 5.91 Å². The number of rotatable bonds is 3. The first-order chi connectivity index (χ1) is 6.15. The molecule has 0 aliphatic heterocycles. The minimum atomic E-state index is -0.409. The van der Waals surface area contributed by atoms with Crippen molar-refractivity contribution < 1.29 is 9.18 Å². The molecule has 1 unspecified atom stereocenters. The maximum absolute atomic E-state index is 12.8. The molecule has 0 saturated carbocycles. The molecule has 1 aromatic rings. The molecular weight excluding hydrogens is 169 g/mol. The number of hydrogen-bond donors (Lipinski definition) is 1. The van der Waals surface area contributed by atoms with Gasteiger partial charge in [0.2, 0.25) is 5.91 Å². The molecule has 1 amide bonds. The minimum absolute atomic E-state index is 0.336. The molecule has 0 spiro atoms. The van der Waals surface area contributed by atoms with Crippen LogP contribution in [0.3, 0.4) is 0 Å². The SMILES string of the molecule is CCC(C(N)=O)c1cccc(F)c1. The van der Waals surface area contributed by atoms with E-state index in [0.29, 0.717) is 12.0 Å². The molecule has 0 aromatic heterocycles. The zero-order chi connectivity index (χ0) is 9.84. The van der Waals surface area contributed by atoms with Crippen LogP contribution in [0.25, 0.3) is 0 Å². The Morgan fingerprint density at radius 2 is 2.31 bits per heavy atom. The Bertz CT molecular complexity index is 312. The van der Waals surface area contributed by atoms with Gasteiger partial charge in [-0.05, 0) is 24.1 Å². The standard InChI is InChI=1S/C10H12FNO/c1-2-9(10(12)13)7-4-3-5-8(11)6-7/h3-6,9H,2H2,1H3,(H2,12,13). The number of hydrogen-bond acceptors (Lipinski definition) is 1. The average Bonchev–Trinajstić information content (AvgIpc) is 2.04. The number of primary amides is 1. The summed E-state index contributed by atoms with van der Waals surface area (Å²) in [4.78, 5) is 10.9. The van der Waals surface area contributed by atoms with Crippen molar-refractivity contribution in [3.8, 4) is 0 Å². The Kier molecular flexibility index (Phi) is 3.01. The maximum Gasteiger partial charge on any atom is 0.224 e. The second-order valence-corrected chi connectivity index (χ2v) is 2.92. The van der Waals surface area contributed by atoms with Gasteiger partial charge in [0.15, 0.2) is 0 Å². The van der Waals surface area contributed by atoms with Crippen LogP contribution in [0.5, 0.6) is 0 Å². The Balaban J connectivity index is 2.98.